The Morgan fingerprint density at radius 1 is 1.24 bits per heavy atom. The molecule has 2 rings (SSSR count). The molecule has 0 fully saturated rings. The average molecular weight is 365 g/mol. The number of rotatable bonds is 10. The first kappa shape index (κ1) is 19.5. The van der Waals surface area contributed by atoms with Gasteiger partial charge in [0, 0.05) is 43.2 Å². The van der Waals surface area contributed by atoms with Crippen LogP contribution in [-0.4, -0.2) is 49.5 Å². The Kier molecular flexibility index (Phi) is 7.01. The third-order valence-electron chi connectivity index (χ3n) is 4.21. The highest BCUT2D eigenvalue weighted by molar-refractivity contribution is 7.88. The van der Waals surface area contributed by atoms with E-state index in [-0.39, 0.29) is 18.9 Å². The zero-order chi connectivity index (χ0) is 18.3. The van der Waals surface area contributed by atoms with Gasteiger partial charge < -0.3 is 10.3 Å². The van der Waals surface area contributed by atoms with Crippen molar-refractivity contribution in [2.45, 2.75) is 32.6 Å². The molecule has 0 radical (unpaired) electrons. The van der Waals surface area contributed by atoms with E-state index in [4.69, 9.17) is 0 Å². The normalized spacial score (nSPS) is 12.0. The van der Waals surface area contributed by atoms with Crippen LogP contribution in [0.15, 0.2) is 30.5 Å². The molecule has 138 valence electrons. The van der Waals surface area contributed by atoms with Gasteiger partial charge in [-0.1, -0.05) is 31.5 Å². The molecule has 0 bridgehead atoms. The van der Waals surface area contributed by atoms with Crippen LogP contribution in [-0.2, 0) is 21.2 Å². The van der Waals surface area contributed by atoms with Crippen LogP contribution in [0.1, 0.15) is 31.7 Å². The Morgan fingerprint density at radius 2 is 2.00 bits per heavy atom. The third-order valence-corrected chi connectivity index (χ3v) is 5.51. The fourth-order valence-corrected chi connectivity index (χ4v) is 3.65. The lowest BCUT2D eigenvalue weighted by molar-refractivity contribution is -0.121. The quantitative estimate of drug-likeness (QED) is 0.678. The molecule has 0 aliphatic rings. The molecule has 0 aliphatic carbocycles. The van der Waals surface area contributed by atoms with Crippen molar-refractivity contribution in [2.24, 2.45) is 0 Å². The molecule has 2 aromatic rings. The summed E-state index contributed by atoms with van der Waals surface area (Å²) in [5.74, 6) is -0.120. The number of benzene rings is 1. The van der Waals surface area contributed by atoms with Gasteiger partial charge in [-0.05, 0) is 24.5 Å². The Hall–Kier alpha value is -1.86. The number of amides is 1. The number of aromatic amines is 1. The molecule has 0 atom stereocenters. The zero-order valence-electron chi connectivity index (χ0n) is 14.9. The Balaban J connectivity index is 1.78. The molecular formula is C18H27N3O3S. The molecule has 1 heterocycles. The standard InChI is InChI=1S/C18H27N3O3S/c1-3-4-12-21(25(2,23)24)13-10-18(22)19-11-9-15-14-20-17-8-6-5-7-16(15)17/h5-8,14,20H,3-4,9-13H2,1-2H3,(H,19,22). The summed E-state index contributed by atoms with van der Waals surface area (Å²) < 4.78 is 24.9. The SMILES string of the molecule is CCCCN(CCC(=O)NCCc1c[nH]c2ccccc12)S(C)(=O)=O. The zero-order valence-corrected chi connectivity index (χ0v) is 15.7. The Bertz CT molecular complexity index is 799. The van der Waals surface area contributed by atoms with Gasteiger partial charge in [0.05, 0.1) is 6.26 Å². The second kappa shape index (κ2) is 9.01. The summed E-state index contributed by atoms with van der Waals surface area (Å²) >= 11 is 0. The molecule has 0 unspecified atom stereocenters. The number of nitrogens with one attached hydrogen (secondary N) is 2. The molecule has 1 aromatic carbocycles. The van der Waals surface area contributed by atoms with Gasteiger partial charge in [-0.25, -0.2) is 12.7 Å². The molecule has 7 heteroatoms. The average Bonchev–Trinajstić information content (AvgIpc) is 2.97. The van der Waals surface area contributed by atoms with E-state index in [9.17, 15) is 13.2 Å². The van der Waals surface area contributed by atoms with Crippen LogP contribution >= 0.6 is 0 Å². The lowest BCUT2D eigenvalue weighted by Gasteiger charge is -2.19. The van der Waals surface area contributed by atoms with Crippen LogP contribution in [0, 0.1) is 0 Å². The van der Waals surface area contributed by atoms with Gasteiger partial charge in [0.15, 0.2) is 0 Å². The molecule has 0 saturated heterocycles. The highest BCUT2D eigenvalue weighted by Gasteiger charge is 2.17. The van der Waals surface area contributed by atoms with Crippen LogP contribution < -0.4 is 5.32 Å². The number of hydrogen-bond acceptors (Lipinski definition) is 3. The summed E-state index contributed by atoms with van der Waals surface area (Å²) in [6, 6.07) is 8.05. The van der Waals surface area contributed by atoms with Crippen LogP contribution in [0.25, 0.3) is 10.9 Å². The lowest BCUT2D eigenvalue weighted by atomic mass is 10.1. The van der Waals surface area contributed by atoms with Gasteiger partial charge in [-0.2, -0.15) is 0 Å². The topological polar surface area (TPSA) is 82.3 Å². The van der Waals surface area contributed by atoms with Crippen molar-refractivity contribution in [1.82, 2.24) is 14.6 Å². The molecule has 0 saturated carbocycles. The van der Waals surface area contributed by atoms with Gasteiger partial charge in [-0.3, -0.25) is 4.79 Å². The number of H-pyrrole nitrogens is 1. The van der Waals surface area contributed by atoms with E-state index in [1.165, 1.54) is 15.9 Å². The van der Waals surface area contributed by atoms with E-state index >= 15 is 0 Å². The lowest BCUT2D eigenvalue weighted by Crippen LogP contribution is -2.35. The number of sulfonamides is 1. The molecule has 0 spiro atoms. The van der Waals surface area contributed by atoms with Crippen LogP contribution in [0.5, 0.6) is 0 Å². The molecular weight excluding hydrogens is 338 g/mol. The molecule has 1 aromatic heterocycles. The predicted octanol–water partition coefficient (Wildman–Crippen LogP) is 2.28. The number of para-hydroxylation sites is 1. The molecule has 0 aliphatic heterocycles. The number of aromatic nitrogens is 1. The van der Waals surface area contributed by atoms with Gasteiger partial charge in [-0.15, -0.1) is 0 Å². The van der Waals surface area contributed by atoms with E-state index in [1.807, 2.05) is 31.3 Å². The third kappa shape index (κ3) is 5.86. The van der Waals surface area contributed by atoms with Gasteiger partial charge in [0.2, 0.25) is 15.9 Å². The number of carbonyl (C=O) groups is 1. The summed E-state index contributed by atoms with van der Waals surface area (Å²) in [5, 5.41) is 4.04. The first-order chi connectivity index (χ1) is 11.9. The van der Waals surface area contributed by atoms with Crippen molar-refractivity contribution in [3.05, 3.63) is 36.0 Å². The van der Waals surface area contributed by atoms with Crippen molar-refractivity contribution in [3.63, 3.8) is 0 Å². The number of fused-ring (bicyclic) bond motifs is 1. The minimum atomic E-state index is -3.26. The van der Waals surface area contributed by atoms with Crippen LogP contribution in [0.2, 0.25) is 0 Å². The first-order valence-electron chi connectivity index (χ1n) is 8.68. The van der Waals surface area contributed by atoms with Crippen molar-refractivity contribution in [2.75, 3.05) is 25.9 Å². The van der Waals surface area contributed by atoms with Crippen LogP contribution in [0.4, 0.5) is 0 Å². The maximum Gasteiger partial charge on any atom is 0.221 e. The fraction of sp³-hybridized carbons (Fsp3) is 0.500. The predicted molar refractivity (Wildman–Crippen MR) is 101 cm³/mol. The maximum atomic E-state index is 12.0. The second-order valence-electron chi connectivity index (χ2n) is 6.23. The van der Waals surface area contributed by atoms with Crippen molar-refractivity contribution in [3.8, 4) is 0 Å². The minimum Gasteiger partial charge on any atom is -0.361 e. The van der Waals surface area contributed by atoms with E-state index < -0.39 is 10.0 Å². The van der Waals surface area contributed by atoms with E-state index in [0.29, 0.717) is 13.1 Å². The van der Waals surface area contributed by atoms with E-state index in [2.05, 4.69) is 16.4 Å². The fourth-order valence-electron chi connectivity index (χ4n) is 2.77. The summed E-state index contributed by atoms with van der Waals surface area (Å²) in [7, 11) is -3.26. The number of unbranched alkanes of at least 4 members (excludes halogenated alkanes) is 1. The summed E-state index contributed by atoms with van der Waals surface area (Å²) in [5.41, 5.74) is 2.25. The Labute approximate surface area is 149 Å². The van der Waals surface area contributed by atoms with Crippen molar-refractivity contribution in [1.29, 1.82) is 0 Å². The minimum absolute atomic E-state index is 0.120. The monoisotopic (exact) mass is 365 g/mol. The summed E-state index contributed by atoms with van der Waals surface area (Å²) in [4.78, 5) is 15.2. The van der Waals surface area contributed by atoms with Crippen LogP contribution in [0.3, 0.4) is 0 Å². The number of hydrogen-bond donors (Lipinski definition) is 2. The second-order valence-corrected chi connectivity index (χ2v) is 8.21. The Morgan fingerprint density at radius 3 is 2.72 bits per heavy atom. The number of nitrogens with zero attached hydrogens (tertiary/aromatic N) is 1. The molecule has 6 nitrogen and oxygen atoms in total. The molecule has 1 amide bonds. The highest BCUT2D eigenvalue weighted by atomic mass is 32.2. The summed E-state index contributed by atoms with van der Waals surface area (Å²) in [6.07, 6.45) is 5.80. The van der Waals surface area contributed by atoms with Crippen molar-refractivity contribution < 1.29 is 13.2 Å². The van der Waals surface area contributed by atoms with Gasteiger partial charge in [0.1, 0.15) is 0 Å². The van der Waals surface area contributed by atoms with E-state index in [0.717, 1.165) is 30.3 Å². The highest BCUT2D eigenvalue weighted by Crippen LogP contribution is 2.17. The smallest absolute Gasteiger partial charge is 0.221 e. The molecule has 25 heavy (non-hydrogen) atoms. The first-order valence-corrected chi connectivity index (χ1v) is 10.5. The number of carbonyl (C=O) groups excluding carboxylic acids is 1. The van der Waals surface area contributed by atoms with Gasteiger partial charge in [0.25, 0.3) is 0 Å². The summed E-state index contributed by atoms with van der Waals surface area (Å²) in [6.45, 7) is 3.25. The maximum absolute atomic E-state index is 12.0. The largest absolute Gasteiger partial charge is 0.361 e. The molecule has 2 N–H and O–H groups in total. The van der Waals surface area contributed by atoms with Crippen molar-refractivity contribution >= 4 is 26.8 Å². The van der Waals surface area contributed by atoms with Gasteiger partial charge >= 0.3 is 0 Å². The van der Waals surface area contributed by atoms with E-state index in [1.54, 1.807) is 0 Å².